The lowest BCUT2D eigenvalue weighted by molar-refractivity contribution is -0.160. The van der Waals surface area contributed by atoms with Crippen molar-refractivity contribution in [2.45, 2.75) is 46.1 Å². The van der Waals surface area contributed by atoms with Gasteiger partial charge in [0.05, 0.1) is 5.92 Å². The molecule has 88 valence electrons. The van der Waals surface area contributed by atoms with Crippen LogP contribution in [0.4, 0.5) is 0 Å². The normalized spacial score (nSPS) is 26.7. The van der Waals surface area contributed by atoms with E-state index in [1.165, 1.54) is 0 Å². The van der Waals surface area contributed by atoms with Crippen molar-refractivity contribution in [2.75, 3.05) is 13.1 Å². The smallest absolute Gasteiger partial charge is 0.311 e. The fraction of sp³-hybridized carbons (Fsp3) is 0.917. The molecule has 1 N–H and O–H groups in total. The van der Waals surface area contributed by atoms with E-state index in [9.17, 15) is 4.79 Å². The maximum Gasteiger partial charge on any atom is 0.311 e. The number of nitrogens with one attached hydrogen (secondary N) is 1. The van der Waals surface area contributed by atoms with E-state index in [1.54, 1.807) is 0 Å². The van der Waals surface area contributed by atoms with E-state index in [4.69, 9.17) is 4.74 Å². The molecule has 1 saturated heterocycles. The Morgan fingerprint density at radius 1 is 1.40 bits per heavy atom. The van der Waals surface area contributed by atoms with Crippen LogP contribution in [0.3, 0.4) is 0 Å². The van der Waals surface area contributed by atoms with Crippen molar-refractivity contribution in [3.05, 3.63) is 0 Å². The molecule has 0 aromatic rings. The maximum atomic E-state index is 11.9. The molecule has 0 radical (unpaired) electrons. The molecule has 0 bridgehead atoms. The first-order valence-electron chi connectivity index (χ1n) is 5.87. The van der Waals surface area contributed by atoms with Crippen molar-refractivity contribution < 1.29 is 9.53 Å². The molecule has 15 heavy (non-hydrogen) atoms. The van der Waals surface area contributed by atoms with Crippen LogP contribution < -0.4 is 5.32 Å². The number of hydrogen-bond acceptors (Lipinski definition) is 3. The van der Waals surface area contributed by atoms with Crippen molar-refractivity contribution >= 4 is 5.97 Å². The zero-order valence-electron chi connectivity index (χ0n) is 10.3. The van der Waals surface area contributed by atoms with Gasteiger partial charge in [-0.1, -0.05) is 13.3 Å². The Bertz CT molecular complexity index is 220. The highest BCUT2D eigenvalue weighted by Crippen LogP contribution is 2.24. The Kier molecular flexibility index (Phi) is 4.14. The third-order valence-corrected chi connectivity index (χ3v) is 2.71. The van der Waals surface area contributed by atoms with Crippen molar-refractivity contribution in [1.29, 1.82) is 0 Å². The lowest BCUT2D eigenvalue weighted by Gasteiger charge is -2.24. The molecular weight excluding hydrogens is 190 g/mol. The third-order valence-electron chi connectivity index (χ3n) is 2.71. The van der Waals surface area contributed by atoms with Crippen LogP contribution >= 0.6 is 0 Å². The molecule has 0 aliphatic carbocycles. The molecule has 0 aromatic carbocycles. The minimum absolute atomic E-state index is 0.0362. The van der Waals surface area contributed by atoms with E-state index in [0.29, 0.717) is 5.92 Å². The molecule has 3 heteroatoms. The first-order valence-corrected chi connectivity index (χ1v) is 5.87. The van der Waals surface area contributed by atoms with Crippen LogP contribution in [-0.4, -0.2) is 24.7 Å². The highest BCUT2D eigenvalue weighted by Gasteiger charge is 2.35. The molecule has 3 nitrogen and oxygen atoms in total. The zero-order valence-corrected chi connectivity index (χ0v) is 10.3. The van der Waals surface area contributed by atoms with Crippen molar-refractivity contribution in [3.8, 4) is 0 Å². The van der Waals surface area contributed by atoms with Gasteiger partial charge in [-0.3, -0.25) is 4.79 Å². The Morgan fingerprint density at radius 3 is 2.60 bits per heavy atom. The number of rotatable bonds is 3. The predicted octanol–water partition coefficient (Wildman–Crippen LogP) is 1.96. The zero-order chi connectivity index (χ0) is 11.5. The summed E-state index contributed by atoms with van der Waals surface area (Å²) in [5, 5.41) is 3.27. The fourth-order valence-corrected chi connectivity index (χ4v) is 2.06. The monoisotopic (exact) mass is 213 g/mol. The van der Waals surface area contributed by atoms with Gasteiger partial charge in [0, 0.05) is 6.54 Å². The van der Waals surface area contributed by atoms with E-state index in [0.717, 1.165) is 25.9 Å². The summed E-state index contributed by atoms with van der Waals surface area (Å²) in [5.41, 5.74) is -0.365. The lowest BCUT2D eigenvalue weighted by Crippen LogP contribution is -2.32. The van der Waals surface area contributed by atoms with Crippen LogP contribution in [-0.2, 0) is 9.53 Å². The lowest BCUT2D eigenvalue weighted by atomic mass is 9.92. The van der Waals surface area contributed by atoms with E-state index < -0.39 is 0 Å². The van der Waals surface area contributed by atoms with Gasteiger partial charge >= 0.3 is 5.97 Å². The second-order valence-corrected chi connectivity index (χ2v) is 5.35. The first-order chi connectivity index (χ1) is 6.94. The fourth-order valence-electron chi connectivity index (χ4n) is 2.06. The van der Waals surface area contributed by atoms with E-state index in [1.807, 2.05) is 20.8 Å². The molecule has 0 aromatic heterocycles. The summed E-state index contributed by atoms with van der Waals surface area (Å²) in [6.07, 6.45) is 2.24. The van der Waals surface area contributed by atoms with Crippen molar-refractivity contribution in [2.24, 2.45) is 11.8 Å². The number of carbonyl (C=O) groups is 1. The van der Waals surface area contributed by atoms with Gasteiger partial charge in [0.1, 0.15) is 5.60 Å². The van der Waals surface area contributed by atoms with Gasteiger partial charge in [-0.15, -0.1) is 0 Å². The van der Waals surface area contributed by atoms with E-state index >= 15 is 0 Å². The molecule has 1 aliphatic rings. The predicted molar refractivity (Wildman–Crippen MR) is 60.6 cm³/mol. The molecule has 2 atom stereocenters. The average molecular weight is 213 g/mol. The van der Waals surface area contributed by atoms with Gasteiger partial charge in [-0.25, -0.2) is 0 Å². The second kappa shape index (κ2) is 4.97. The van der Waals surface area contributed by atoms with Gasteiger partial charge in [0.25, 0.3) is 0 Å². The molecule has 1 rings (SSSR count). The van der Waals surface area contributed by atoms with Crippen LogP contribution in [0, 0.1) is 11.8 Å². The van der Waals surface area contributed by atoms with Crippen molar-refractivity contribution in [3.63, 3.8) is 0 Å². The summed E-state index contributed by atoms with van der Waals surface area (Å²) in [6, 6.07) is 0. The Labute approximate surface area is 92.6 Å². The topological polar surface area (TPSA) is 38.3 Å². The summed E-state index contributed by atoms with van der Waals surface area (Å²) >= 11 is 0. The minimum Gasteiger partial charge on any atom is -0.460 e. The summed E-state index contributed by atoms with van der Waals surface area (Å²) in [7, 11) is 0. The van der Waals surface area contributed by atoms with E-state index in [2.05, 4.69) is 12.2 Å². The van der Waals surface area contributed by atoms with Crippen LogP contribution in [0.1, 0.15) is 40.5 Å². The maximum absolute atomic E-state index is 11.9. The number of ether oxygens (including phenoxy) is 1. The average Bonchev–Trinajstić information content (AvgIpc) is 2.49. The van der Waals surface area contributed by atoms with Gasteiger partial charge in [-0.05, 0) is 39.7 Å². The van der Waals surface area contributed by atoms with Gasteiger partial charge < -0.3 is 10.1 Å². The molecule has 1 fully saturated rings. The number of esters is 1. The minimum atomic E-state index is -0.365. The van der Waals surface area contributed by atoms with Crippen LogP contribution in [0.25, 0.3) is 0 Å². The molecule has 0 unspecified atom stereocenters. The number of hydrogen-bond donors (Lipinski definition) is 1. The van der Waals surface area contributed by atoms with E-state index in [-0.39, 0.29) is 17.5 Å². The van der Waals surface area contributed by atoms with Crippen LogP contribution in [0.5, 0.6) is 0 Å². The molecule has 1 heterocycles. The third kappa shape index (κ3) is 3.82. The highest BCUT2D eigenvalue weighted by molar-refractivity contribution is 5.74. The van der Waals surface area contributed by atoms with Gasteiger partial charge in [0.2, 0.25) is 0 Å². The largest absolute Gasteiger partial charge is 0.460 e. The molecular formula is C12H23NO2. The van der Waals surface area contributed by atoms with Crippen molar-refractivity contribution in [1.82, 2.24) is 5.32 Å². The first kappa shape index (κ1) is 12.5. The van der Waals surface area contributed by atoms with Crippen LogP contribution in [0.15, 0.2) is 0 Å². The summed E-state index contributed by atoms with van der Waals surface area (Å²) < 4.78 is 5.42. The quantitative estimate of drug-likeness (QED) is 0.728. The molecule has 0 amide bonds. The summed E-state index contributed by atoms with van der Waals surface area (Å²) in [5.74, 6) is 0.486. The number of carbonyl (C=O) groups excluding carboxylic acids is 1. The summed E-state index contributed by atoms with van der Waals surface area (Å²) in [4.78, 5) is 11.9. The Balaban J connectivity index is 2.51. The SMILES string of the molecule is CCC[C@@H]1CNC[C@H]1C(=O)OC(C)(C)C. The Morgan fingerprint density at radius 2 is 2.07 bits per heavy atom. The van der Waals surface area contributed by atoms with Crippen LogP contribution in [0.2, 0.25) is 0 Å². The van der Waals surface area contributed by atoms with Gasteiger partial charge in [-0.2, -0.15) is 0 Å². The highest BCUT2D eigenvalue weighted by atomic mass is 16.6. The molecule has 1 aliphatic heterocycles. The Hall–Kier alpha value is -0.570. The standard InChI is InChI=1S/C12H23NO2/c1-5-6-9-7-13-8-10(9)11(14)15-12(2,3)4/h9-10,13H,5-8H2,1-4H3/t9-,10-/m1/s1. The molecule has 0 spiro atoms. The van der Waals surface area contributed by atoms with Gasteiger partial charge in [0.15, 0.2) is 0 Å². The summed E-state index contributed by atoms with van der Waals surface area (Å²) in [6.45, 7) is 9.65. The molecule has 0 saturated carbocycles. The second-order valence-electron chi connectivity index (χ2n) is 5.35.